The molecule has 0 fully saturated rings. The van der Waals surface area contributed by atoms with Crippen LogP contribution < -0.4 is 0 Å². The van der Waals surface area contributed by atoms with Crippen LogP contribution in [0.1, 0.15) is 10.4 Å². The Balaban J connectivity index is 2.85. The van der Waals surface area contributed by atoms with Gasteiger partial charge in [-0.05, 0) is 0 Å². The zero-order chi connectivity index (χ0) is 8.27. The van der Waals surface area contributed by atoms with Gasteiger partial charge >= 0.3 is 72.6 Å². The van der Waals surface area contributed by atoms with Crippen LogP contribution >= 0.6 is 0 Å². The Labute approximate surface area is 73.1 Å². The maximum atomic E-state index is 10.5. The van der Waals surface area contributed by atoms with Crippen molar-refractivity contribution in [3.05, 3.63) is 35.9 Å². The van der Waals surface area contributed by atoms with Crippen LogP contribution in [0.5, 0.6) is 0 Å². The van der Waals surface area contributed by atoms with Gasteiger partial charge in [0.2, 0.25) is 0 Å². The first-order valence-electron chi connectivity index (χ1n) is 3.15. The standard InChI is InChI=1S/C8H7O2Se/c9-8(10)7(11)6-4-2-1-3-5-6/h1-5,7H,(H,9,10). The van der Waals surface area contributed by atoms with Gasteiger partial charge in [0.05, 0.1) is 0 Å². The molecule has 1 rings (SSSR count). The van der Waals surface area contributed by atoms with Crippen molar-refractivity contribution >= 4 is 22.0 Å². The van der Waals surface area contributed by atoms with E-state index in [1.165, 1.54) is 0 Å². The number of hydrogen-bond donors (Lipinski definition) is 1. The van der Waals surface area contributed by atoms with Gasteiger partial charge in [0.15, 0.2) is 0 Å². The zero-order valence-corrected chi connectivity index (χ0v) is 7.44. The fraction of sp³-hybridized carbons (Fsp3) is 0.125. The summed E-state index contributed by atoms with van der Waals surface area (Å²) in [6.07, 6.45) is 0. The Morgan fingerprint density at radius 3 is 2.36 bits per heavy atom. The molecule has 0 aliphatic carbocycles. The first-order valence-corrected chi connectivity index (χ1v) is 4.14. The van der Waals surface area contributed by atoms with E-state index in [9.17, 15) is 4.79 Å². The third kappa shape index (κ3) is 2.07. The number of carboxylic acids is 1. The van der Waals surface area contributed by atoms with Gasteiger partial charge in [-0.1, -0.05) is 0 Å². The Morgan fingerprint density at radius 1 is 1.36 bits per heavy atom. The van der Waals surface area contributed by atoms with Crippen LogP contribution in [0.25, 0.3) is 0 Å². The molecule has 0 spiro atoms. The van der Waals surface area contributed by atoms with Crippen LogP contribution in [0.4, 0.5) is 0 Å². The summed E-state index contributed by atoms with van der Waals surface area (Å²) < 4.78 is 0. The van der Waals surface area contributed by atoms with E-state index in [2.05, 4.69) is 16.0 Å². The normalized spacial score (nSPS) is 12.5. The fourth-order valence-electron chi connectivity index (χ4n) is 0.770. The number of carbonyl (C=O) groups is 1. The van der Waals surface area contributed by atoms with Crippen LogP contribution in [-0.4, -0.2) is 27.1 Å². The third-order valence-electron chi connectivity index (χ3n) is 1.33. The van der Waals surface area contributed by atoms with Crippen molar-refractivity contribution < 1.29 is 9.90 Å². The van der Waals surface area contributed by atoms with Crippen molar-refractivity contribution in [2.24, 2.45) is 0 Å². The number of hydrogen-bond acceptors (Lipinski definition) is 1. The molecule has 1 unspecified atom stereocenters. The van der Waals surface area contributed by atoms with E-state index in [4.69, 9.17) is 5.11 Å². The van der Waals surface area contributed by atoms with Gasteiger partial charge in [0, 0.05) is 0 Å². The minimum absolute atomic E-state index is 0.531. The molecule has 0 saturated heterocycles. The van der Waals surface area contributed by atoms with Gasteiger partial charge in [0.1, 0.15) is 0 Å². The molecular formula is C8H7O2Se. The Hall–Kier alpha value is -0.791. The van der Waals surface area contributed by atoms with Crippen molar-refractivity contribution in [1.29, 1.82) is 0 Å². The molecule has 0 heterocycles. The zero-order valence-electron chi connectivity index (χ0n) is 5.73. The second-order valence-corrected chi connectivity index (χ2v) is 3.12. The van der Waals surface area contributed by atoms with Crippen LogP contribution in [0, 0.1) is 0 Å². The van der Waals surface area contributed by atoms with Gasteiger partial charge in [0.25, 0.3) is 0 Å². The van der Waals surface area contributed by atoms with Crippen molar-refractivity contribution in [3.63, 3.8) is 0 Å². The van der Waals surface area contributed by atoms with Gasteiger partial charge in [-0.2, -0.15) is 0 Å². The van der Waals surface area contributed by atoms with E-state index in [-0.39, 0.29) is 0 Å². The monoisotopic (exact) mass is 215 g/mol. The number of benzene rings is 1. The molecule has 0 aliphatic rings. The van der Waals surface area contributed by atoms with Crippen molar-refractivity contribution in [1.82, 2.24) is 0 Å². The summed E-state index contributed by atoms with van der Waals surface area (Å²) in [5, 5.41) is 8.60. The Bertz CT molecular complexity index is 246. The van der Waals surface area contributed by atoms with E-state index in [0.717, 1.165) is 5.56 Å². The predicted molar refractivity (Wildman–Crippen MR) is 42.6 cm³/mol. The molecule has 1 aromatic carbocycles. The first kappa shape index (κ1) is 8.31. The van der Waals surface area contributed by atoms with E-state index < -0.39 is 10.8 Å². The molecule has 0 saturated carbocycles. The topological polar surface area (TPSA) is 37.3 Å². The molecule has 1 radical (unpaired) electrons. The second kappa shape index (κ2) is 3.56. The number of aliphatic carboxylic acids is 1. The number of carboxylic acid groups (broad SMARTS) is 1. The molecule has 1 aromatic rings. The second-order valence-electron chi connectivity index (χ2n) is 2.13. The molecule has 2 nitrogen and oxygen atoms in total. The average Bonchev–Trinajstić information content (AvgIpc) is 2.05. The van der Waals surface area contributed by atoms with E-state index in [0.29, 0.717) is 0 Å². The molecule has 3 heteroatoms. The summed E-state index contributed by atoms with van der Waals surface area (Å²) in [5.74, 6) is -0.837. The van der Waals surface area contributed by atoms with Gasteiger partial charge in [-0.15, -0.1) is 0 Å². The van der Waals surface area contributed by atoms with E-state index >= 15 is 0 Å². The molecule has 0 bridgehead atoms. The Kier molecular flexibility index (Phi) is 2.69. The van der Waals surface area contributed by atoms with Gasteiger partial charge in [-0.25, -0.2) is 0 Å². The minimum atomic E-state index is -0.837. The quantitative estimate of drug-likeness (QED) is 0.745. The van der Waals surface area contributed by atoms with Crippen LogP contribution in [-0.2, 0) is 4.79 Å². The molecule has 0 aliphatic heterocycles. The van der Waals surface area contributed by atoms with E-state index in [1.54, 1.807) is 12.1 Å². The summed E-state index contributed by atoms with van der Waals surface area (Å²) >= 11 is 2.59. The molecular weight excluding hydrogens is 207 g/mol. The molecule has 0 aromatic heterocycles. The number of rotatable bonds is 2. The summed E-state index contributed by atoms with van der Waals surface area (Å²) in [5.41, 5.74) is 0.792. The third-order valence-corrected chi connectivity index (χ3v) is 2.32. The molecule has 0 amide bonds. The van der Waals surface area contributed by atoms with Gasteiger partial charge < -0.3 is 0 Å². The first-order chi connectivity index (χ1) is 5.22. The molecule has 1 atom stereocenters. The van der Waals surface area contributed by atoms with Crippen LogP contribution in [0.15, 0.2) is 30.3 Å². The van der Waals surface area contributed by atoms with Crippen LogP contribution in [0.3, 0.4) is 0 Å². The summed E-state index contributed by atoms with van der Waals surface area (Å²) in [7, 11) is 0. The average molecular weight is 214 g/mol. The van der Waals surface area contributed by atoms with Crippen molar-refractivity contribution in [2.45, 2.75) is 4.82 Å². The molecule has 1 N–H and O–H groups in total. The Morgan fingerprint density at radius 2 is 1.91 bits per heavy atom. The predicted octanol–water partition coefficient (Wildman–Crippen LogP) is 0.981. The maximum absolute atomic E-state index is 10.5. The van der Waals surface area contributed by atoms with Crippen LogP contribution in [0.2, 0.25) is 0 Å². The van der Waals surface area contributed by atoms with Gasteiger partial charge in [-0.3, -0.25) is 0 Å². The van der Waals surface area contributed by atoms with E-state index in [1.807, 2.05) is 18.2 Å². The summed E-state index contributed by atoms with van der Waals surface area (Å²) in [4.78, 5) is 9.94. The van der Waals surface area contributed by atoms with Crippen molar-refractivity contribution in [3.8, 4) is 0 Å². The fourth-order valence-corrected chi connectivity index (χ4v) is 1.10. The molecule has 57 valence electrons. The summed E-state index contributed by atoms with van der Waals surface area (Å²) in [6, 6.07) is 9.08. The molecule has 11 heavy (non-hydrogen) atoms. The van der Waals surface area contributed by atoms with Crippen molar-refractivity contribution in [2.75, 3.05) is 0 Å². The summed E-state index contributed by atoms with van der Waals surface area (Å²) in [6.45, 7) is 0. The SMILES string of the molecule is O=C(O)C([Se])c1ccccc1.